The number of hydrogen-bond acceptors (Lipinski definition) is 3. The van der Waals surface area contributed by atoms with E-state index in [4.69, 9.17) is 0 Å². The highest BCUT2D eigenvalue weighted by atomic mass is 16.2. The first-order valence-corrected chi connectivity index (χ1v) is 7.20. The summed E-state index contributed by atoms with van der Waals surface area (Å²) in [6.07, 6.45) is 0. The molecule has 0 spiro atoms. The van der Waals surface area contributed by atoms with Crippen LogP contribution >= 0.6 is 0 Å². The first-order chi connectivity index (χ1) is 9.99. The van der Waals surface area contributed by atoms with Gasteiger partial charge in [-0.3, -0.25) is 4.79 Å². The summed E-state index contributed by atoms with van der Waals surface area (Å²) in [6.45, 7) is 7.69. The van der Waals surface area contributed by atoms with Crippen molar-refractivity contribution in [3.63, 3.8) is 0 Å². The largest absolute Gasteiger partial charge is 0.336 e. The Morgan fingerprint density at radius 1 is 1.29 bits per heavy atom. The zero-order valence-electron chi connectivity index (χ0n) is 12.6. The van der Waals surface area contributed by atoms with Gasteiger partial charge in [-0.05, 0) is 17.9 Å². The number of aryl methyl sites for hydroxylation is 1. The molecule has 1 aromatic carbocycles. The van der Waals surface area contributed by atoms with Gasteiger partial charge in [0.1, 0.15) is 0 Å². The van der Waals surface area contributed by atoms with E-state index in [2.05, 4.69) is 53.5 Å². The lowest BCUT2D eigenvalue weighted by Gasteiger charge is -2.25. The fraction of sp³-hybridized carbons (Fsp3) is 0.438. The molecule has 1 unspecified atom stereocenters. The summed E-state index contributed by atoms with van der Waals surface area (Å²) in [5.74, 6) is 0.308. The Morgan fingerprint density at radius 2 is 2.00 bits per heavy atom. The quantitative estimate of drug-likeness (QED) is 0.921. The highest BCUT2D eigenvalue weighted by Gasteiger charge is 2.42. The topological polar surface area (TPSA) is 61.9 Å². The maximum Gasteiger partial charge on any atom is 0.276 e. The monoisotopic (exact) mass is 284 g/mol. The Morgan fingerprint density at radius 3 is 2.62 bits per heavy atom. The number of benzene rings is 1. The van der Waals surface area contributed by atoms with Crippen LogP contribution < -0.4 is 0 Å². The van der Waals surface area contributed by atoms with Crippen LogP contribution in [0, 0.1) is 12.3 Å². The Labute approximate surface area is 124 Å². The van der Waals surface area contributed by atoms with Crippen LogP contribution in [0.25, 0.3) is 0 Å². The predicted molar refractivity (Wildman–Crippen MR) is 80.0 cm³/mol. The number of rotatable bonds is 2. The molecule has 5 nitrogen and oxygen atoms in total. The van der Waals surface area contributed by atoms with Crippen LogP contribution in [-0.4, -0.2) is 39.3 Å². The van der Waals surface area contributed by atoms with Crippen molar-refractivity contribution in [3.8, 4) is 0 Å². The van der Waals surface area contributed by atoms with Crippen molar-refractivity contribution < 1.29 is 4.79 Å². The Bertz CT molecular complexity index is 647. The molecule has 21 heavy (non-hydrogen) atoms. The van der Waals surface area contributed by atoms with Crippen molar-refractivity contribution in [2.24, 2.45) is 5.41 Å². The smallest absolute Gasteiger partial charge is 0.276 e. The molecule has 1 aliphatic rings. The average molecular weight is 284 g/mol. The molecule has 1 fully saturated rings. The zero-order chi connectivity index (χ0) is 15.0. The van der Waals surface area contributed by atoms with Gasteiger partial charge in [0, 0.05) is 19.0 Å². The van der Waals surface area contributed by atoms with Crippen LogP contribution in [0.2, 0.25) is 0 Å². The number of carbonyl (C=O) groups excluding carboxylic acids is 1. The van der Waals surface area contributed by atoms with Gasteiger partial charge >= 0.3 is 0 Å². The van der Waals surface area contributed by atoms with Gasteiger partial charge in [0.25, 0.3) is 5.91 Å². The van der Waals surface area contributed by atoms with Gasteiger partial charge in [0.2, 0.25) is 0 Å². The summed E-state index contributed by atoms with van der Waals surface area (Å²) in [6, 6.07) is 10.4. The van der Waals surface area contributed by atoms with Crippen molar-refractivity contribution >= 4 is 5.91 Å². The summed E-state index contributed by atoms with van der Waals surface area (Å²) >= 11 is 0. The molecule has 110 valence electrons. The first kappa shape index (κ1) is 13.8. The van der Waals surface area contributed by atoms with E-state index >= 15 is 0 Å². The van der Waals surface area contributed by atoms with Gasteiger partial charge < -0.3 is 4.90 Å². The minimum absolute atomic E-state index is 0.0345. The number of aromatic amines is 1. The summed E-state index contributed by atoms with van der Waals surface area (Å²) < 4.78 is 0. The van der Waals surface area contributed by atoms with E-state index in [0.29, 0.717) is 17.3 Å². The second-order valence-corrected chi connectivity index (χ2v) is 6.40. The lowest BCUT2D eigenvalue weighted by Crippen LogP contribution is -2.31. The average Bonchev–Trinajstić information content (AvgIpc) is 3.02. The van der Waals surface area contributed by atoms with E-state index in [1.807, 2.05) is 11.0 Å². The number of likely N-dealkylation sites (tertiary alicyclic amines) is 1. The zero-order valence-corrected chi connectivity index (χ0v) is 12.6. The minimum Gasteiger partial charge on any atom is -0.336 e. The SMILES string of the molecule is Cc1n[nH]nc1C(=O)N1CC(c2ccccc2)C(C)(C)C1. The third kappa shape index (κ3) is 2.44. The van der Waals surface area contributed by atoms with Crippen LogP contribution in [0.4, 0.5) is 0 Å². The number of aromatic nitrogens is 3. The van der Waals surface area contributed by atoms with E-state index < -0.39 is 0 Å². The molecule has 2 heterocycles. The summed E-state index contributed by atoms with van der Waals surface area (Å²) in [7, 11) is 0. The summed E-state index contributed by atoms with van der Waals surface area (Å²) in [5, 5.41) is 10.4. The molecular formula is C16H20N4O. The molecule has 1 amide bonds. The summed E-state index contributed by atoms with van der Waals surface area (Å²) in [4.78, 5) is 14.5. The maximum atomic E-state index is 12.6. The molecule has 0 radical (unpaired) electrons. The van der Waals surface area contributed by atoms with Crippen molar-refractivity contribution in [2.75, 3.05) is 13.1 Å². The van der Waals surface area contributed by atoms with E-state index in [-0.39, 0.29) is 11.3 Å². The number of hydrogen-bond donors (Lipinski definition) is 1. The van der Waals surface area contributed by atoms with Gasteiger partial charge in [-0.1, -0.05) is 44.2 Å². The number of amides is 1. The van der Waals surface area contributed by atoms with Crippen LogP contribution in [0.3, 0.4) is 0 Å². The van der Waals surface area contributed by atoms with Crippen LogP contribution in [-0.2, 0) is 0 Å². The molecule has 5 heteroatoms. The molecule has 1 aliphatic heterocycles. The van der Waals surface area contributed by atoms with E-state index in [9.17, 15) is 4.79 Å². The lowest BCUT2D eigenvalue weighted by molar-refractivity contribution is 0.0771. The highest BCUT2D eigenvalue weighted by molar-refractivity contribution is 5.93. The molecular weight excluding hydrogens is 264 g/mol. The van der Waals surface area contributed by atoms with Crippen molar-refractivity contribution in [3.05, 3.63) is 47.3 Å². The first-order valence-electron chi connectivity index (χ1n) is 7.20. The second-order valence-electron chi connectivity index (χ2n) is 6.40. The van der Waals surface area contributed by atoms with Crippen molar-refractivity contribution in [1.29, 1.82) is 0 Å². The van der Waals surface area contributed by atoms with Crippen LogP contribution in [0.15, 0.2) is 30.3 Å². The lowest BCUT2D eigenvalue weighted by atomic mass is 9.78. The van der Waals surface area contributed by atoms with Crippen molar-refractivity contribution in [1.82, 2.24) is 20.3 Å². The summed E-state index contributed by atoms with van der Waals surface area (Å²) in [5.41, 5.74) is 2.42. The fourth-order valence-electron chi connectivity index (χ4n) is 3.17. The van der Waals surface area contributed by atoms with E-state index in [0.717, 1.165) is 13.1 Å². The van der Waals surface area contributed by atoms with Gasteiger partial charge in [-0.15, -0.1) is 0 Å². The standard InChI is InChI=1S/C16H20N4O/c1-11-14(18-19-17-11)15(21)20-9-13(16(2,3)10-20)12-7-5-4-6-8-12/h4-8,13H,9-10H2,1-3H3,(H,17,18,19). The molecule has 0 saturated carbocycles. The molecule has 1 N–H and O–H groups in total. The molecule has 3 rings (SSSR count). The highest BCUT2D eigenvalue weighted by Crippen LogP contribution is 2.42. The van der Waals surface area contributed by atoms with Crippen LogP contribution in [0.5, 0.6) is 0 Å². The molecule has 2 aromatic rings. The Hall–Kier alpha value is -2.17. The van der Waals surface area contributed by atoms with Gasteiger partial charge in [-0.2, -0.15) is 15.4 Å². The third-order valence-electron chi connectivity index (χ3n) is 4.36. The Kier molecular flexibility index (Phi) is 3.27. The van der Waals surface area contributed by atoms with Gasteiger partial charge in [0.15, 0.2) is 5.69 Å². The van der Waals surface area contributed by atoms with E-state index in [1.165, 1.54) is 5.56 Å². The maximum absolute atomic E-state index is 12.6. The molecule has 0 bridgehead atoms. The molecule has 0 aliphatic carbocycles. The van der Waals surface area contributed by atoms with Crippen molar-refractivity contribution in [2.45, 2.75) is 26.7 Å². The second kappa shape index (κ2) is 4.98. The predicted octanol–water partition coefficient (Wildman–Crippen LogP) is 2.38. The normalized spacial score (nSPS) is 20.7. The van der Waals surface area contributed by atoms with Gasteiger partial charge in [-0.25, -0.2) is 0 Å². The van der Waals surface area contributed by atoms with E-state index in [1.54, 1.807) is 6.92 Å². The number of nitrogens with zero attached hydrogens (tertiary/aromatic N) is 3. The van der Waals surface area contributed by atoms with Crippen LogP contribution in [0.1, 0.15) is 41.5 Å². The molecule has 1 atom stereocenters. The molecule has 1 saturated heterocycles. The third-order valence-corrected chi connectivity index (χ3v) is 4.36. The molecule has 1 aromatic heterocycles. The fourth-order valence-corrected chi connectivity index (χ4v) is 3.17. The number of H-pyrrole nitrogens is 1. The number of nitrogens with one attached hydrogen (secondary N) is 1. The van der Waals surface area contributed by atoms with Gasteiger partial charge in [0.05, 0.1) is 5.69 Å². The Balaban J connectivity index is 1.85. The minimum atomic E-state index is -0.0345. The number of carbonyl (C=O) groups is 1.